The molecular formula is C24H28N6O3S. The summed E-state index contributed by atoms with van der Waals surface area (Å²) in [5.74, 6) is 5.68. The number of hydrogen-bond acceptors (Lipinski definition) is 7. The lowest BCUT2D eigenvalue weighted by Crippen LogP contribution is -2.44. The van der Waals surface area contributed by atoms with Gasteiger partial charge in [0.2, 0.25) is 5.95 Å². The van der Waals surface area contributed by atoms with Crippen molar-refractivity contribution in [3.8, 4) is 11.8 Å². The molecule has 2 N–H and O–H groups in total. The maximum atomic E-state index is 13.8. The van der Waals surface area contributed by atoms with Crippen LogP contribution in [-0.4, -0.2) is 61.6 Å². The fourth-order valence-electron chi connectivity index (χ4n) is 3.88. The van der Waals surface area contributed by atoms with E-state index in [-0.39, 0.29) is 5.56 Å². The predicted octanol–water partition coefficient (Wildman–Crippen LogP) is 1.83. The van der Waals surface area contributed by atoms with Crippen molar-refractivity contribution in [2.75, 3.05) is 31.1 Å². The van der Waals surface area contributed by atoms with Crippen LogP contribution in [0.15, 0.2) is 40.3 Å². The van der Waals surface area contributed by atoms with Gasteiger partial charge in [0.15, 0.2) is 16.3 Å². The van der Waals surface area contributed by atoms with Crippen molar-refractivity contribution in [3.63, 3.8) is 0 Å². The molecule has 0 bridgehead atoms. The molecule has 9 nitrogen and oxygen atoms in total. The molecule has 34 heavy (non-hydrogen) atoms. The maximum absolute atomic E-state index is 13.8. The molecule has 2 aromatic heterocycles. The lowest BCUT2D eigenvalue weighted by atomic mass is 10.1. The molecule has 1 unspecified atom stereocenters. The number of nitrogens with zero attached hydrogens (tertiary/aromatic N) is 5. The largest absolute Gasteiger partial charge is 0.480 e. The van der Waals surface area contributed by atoms with Crippen LogP contribution in [0.2, 0.25) is 0 Å². The van der Waals surface area contributed by atoms with Crippen molar-refractivity contribution in [2.24, 2.45) is 0 Å². The lowest BCUT2D eigenvalue weighted by Gasteiger charge is -2.28. The van der Waals surface area contributed by atoms with Crippen LogP contribution in [0.4, 0.5) is 5.95 Å². The third-order valence-electron chi connectivity index (χ3n) is 5.72. The number of aromatic nitrogens is 4. The molecule has 0 spiro atoms. The molecule has 0 aliphatic carbocycles. The van der Waals surface area contributed by atoms with Crippen LogP contribution in [0, 0.1) is 11.8 Å². The van der Waals surface area contributed by atoms with Gasteiger partial charge in [-0.05, 0) is 25.8 Å². The first-order chi connectivity index (χ1) is 16.5. The summed E-state index contributed by atoms with van der Waals surface area (Å²) in [6.45, 7) is 7.26. The van der Waals surface area contributed by atoms with Crippen molar-refractivity contribution >= 4 is 34.8 Å². The Morgan fingerprint density at radius 1 is 1.21 bits per heavy atom. The van der Waals surface area contributed by atoms with E-state index in [9.17, 15) is 14.7 Å². The highest BCUT2D eigenvalue weighted by atomic mass is 32.2. The molecule has 1 aromatic carbocycles. The van der Waals surface area contributed by atoms with Crippen LogP contribution in [-0.2, 0) is 24.3 Å². The Hall–Kier alpha value is -3.29. The molecule has 1 saturated heterocycles. The van der Waals surface area contributed by atoms with Gasteiger partial charge in [0.25, 0.3) is 5.56 Å². The highest BCUT2D eigenvalue weighted by Crippen LogP contribution is 2.25. The van der Waals surface area contributed by atoms with Crippen LogP contribution >= 0.6 is 11.8 Å². The Bertz CT molecular complexity index is 1290. The van der Waals surface area contributed by atoms with Gasteiger partial charge in [0, 0.05) is 32.7 Å². The second-order valence-corrected chi connectivity index (χ2v) is 9.33. The Kier molecular flexibility index (Phi) is 7.55. The second-order valence-electron chi connectivity index (χ2n) is 8.02. The van der Waals surface area contributed by atoms with E-state index in [0.717, 1.165) is 43.5 Å². The zero-order chi connectivity index (χ0) is 24.1. The minimum atomic E-state index is -0.959. The Morgan fingerprint density at radius 2 is 1.94 bits per heavy atom. The van der Waals surface area contributed by atoms with Gasteiger partial charge < -0.3 is 15.3 Å². The number of anilines is 1. The topological polar surface area (TPSA) is 105 Å². The van der Waals surface area contributed by atoms with E-state index in [1.54, 1.807) is 18.4 Å². The van der Waals surface area contributed by atoms with Crippen LogP contribution in [0.25, 0.3) is 11.2 Å². The molecule has 178 valence electrons. The number of benzene rings is 1. The van der Waals surface area contributed by atoms with Crippen LogP contribution in [0.1, 0.15) is 19.4 Å². The maximum Gasteiger partial charge on any atom is 0.316 e. The molecule has 4 rings (SSSR count). The number of fused-ring (bicyclic) bond motifs is 1. The summed E-state index contributed by atoms with van der Waals surface area (Å²) in [6.07, 6.45) is 0.622. The molecule has 3 aromatic rings. The number of carboxylic acids is 1. The number of carboxylic acid groups (broad SMARTS) is 1. The van der Waals surface area contributed by atoms with Gasteiger partial charge in [0.1, 0.15) is 5.25 Å². The molecule has 1 aliphatic heterocycles. The predicted molar refractivity (Wildman–Crippen MR) is 133 cm³/mol. The van der Waals surface area contributed by atoms with E-state index >= 15 is 0 Å². The lowest BCUT2D eigenvalue weighted by molar-refractivity contribution is -0.136. The fourth-order valence-corrected chi connectivity index (χ4v) is 4.74. The van der Waals surface area contributed by atoms with Gasteiger partial charge in [0.05, 0.1) is 6.54 Å². The number of carbonyl (C=O) groups is 1. The van der Waals surface area contributed by atoms with Gasteiger partial charge in [-0.25, -0.2) is 4.98 Å². The number of aliphatic carboxylic acids is 1. The summed E-state index contributed by atoms with van der Waals surface area (Å²) in [5, 5.41) is 12.4. The molecular weight excluding hydrogens is 452 g/mol. The van der Waals surface area contributed by atoms with Gasteiger partial charge in [-0.1, -0.05) is 48.0 Å². The first-order valence-corrected chi connectivity index (χ1v) is 12.2. The van der Waals surface area contributed by atoms with E-state index in [2.05, 4.69) is 22.1 Å². The highest BCUT2D eigenvalue weighted by Gasteiger charge is 2.25. The van der Waals surface area contributed by atoms with E-state index < -0.39 is 11.2 Å². The molecule has 3 heterocycles. The molecule has 10 heteroatoms. The number of nitrogens with one attached hydrogen (secondary N) is 1. The summed E-state index contributed by atoms with van der Waals surface area (Å²) in [6, 6.07) is 9.88. The minimum absolute atomic E-state index is 0.229. The van der Waals surface area contributed by atoms with Crippen molar-refractivity contribution < 1.29 is 9.90 Å². The Morgan fingerprint density at radius 3 is 2.62 bits per heavy atom. The summed E-state index contributed by atoms with van der Waals surface area (Å²) in [5.41, 5.74) is 1.58. The third-order valence-corrected chi connectivity index (χ3v) is 6.80. The number of thioether (sulfide) groups is 1. The summed E-state index contributed by atoms with van der Waals surface area (Å²) >= 11 is 1.06. The van der Waals surface area contributed by atoms with E-state index in [1.807, 2.05) is 34.9 Å². The molecule has 1 aliphatic rings. The van der Waals surface area contributed by atoms with E-state index in [0.29, 0.717) is 41.8 Å². The minimum Gasteiger partial charge on any atom is -0.480 e. The van der Waals surface area contributed by atoms with Crippen LogP contribution < -0.4 is 15.8 Å². The van der Waals surface area contributed by atoms with E-state index in [4.69, 9.17) is 9.97 Å². The first-order valence-electron chi connectivity index (χ1n) is 11.3. The Balaban J connectivity index is 1.84. The summed E-state index contributed by atoms with van der Waals surface area (Å²) in [4.78, 5) is 36.9. The highest BCUT2D eigenvalue weighted by molar-refractivity contribution is 8.00. The average molecular weight is 481 g/mol. The number of rotatable bonds is 8. The molecule has 1 atom stereocenters. The number of hydrogen-bond donors (Lipinski definition) is 2. The van der Waals surface area contributed by atoms with Gasteiger partial charge in [-0.2, -0.15) is 4.98 Å². The monoisotopic (exact) mass is 480 g/mol. The van der Waals surface area contributed by atoms with Crippen molar-refractivity contribution in [3.05, 3.63) is 46.2 Å². The average Bonchev–Trinajstić information content (AvgIpc) is 3.22. The van der Waals surface area contributed by atoms with Crippen molar-refractivity contribution in [1.82, 2.24) is 24.4 Å². The molecule has 0 radical (unpaired) electrons. The van der Waals surface area contributed by atoms with Crippen molar-refractivity contribution in [2.45, 2.75) is 43.8 Å². The quantitative estimate of drug-likeness (QED) is 0.286. The zero-order valence-electron chi connectivity index (χ0n) is 19.3. The number of imidazole rings is 1. The number of aryl methyl sites for hydroxylation is 1. The Labute approximate surface area is 202 Å². The standard InChI is InChI=1S/C24H28N6O3S/c1-3-4-13-29-19-20(26-23(29)28-15-11-25-12-16-28)27-24(34-17(2)22(32)33)30(21(19)31)14-10-18-8-6-5-7-9-18/h5-9,17,25H,10-16H2,1-2H3,(H,32,33). The summed E-state index contributed by atoms with van der Waals surface area (Å²) < 4.78 is 3.43. The SMILES string of the molecule is CC#CCn1c(N2CCNCC2)nc2nc(SC(C)C(=O)O)n(CCc3ccccc3)c(=O)c21. The second kappa shape index (κ2) is 10.8. The van der Waals surface area contributed by atoms with Crippen molar-refractivity contribution in [1.29, 1.82) is 0 Å². The smallest absolute Gasteiger partial charge is 0.316 e. The fraction of sp³-hybridized carbons (Fsp3) is 0.417. The zero-order valence-corrected chi connectivity index (χ0v) is 20.1. The third kappa shape index (κ3) is 5.11. The molecule has 0 saturated carbocycles. The van der Waals surface area contributed by atoms with Gasteiger partial charge >= 0.3 is 5.97 Å². The normalized spacial score (nSPS) is 14.6. The van der Waals surface area contributed by atoms with Crippen LogP contribution in [0.3, 0.4) is 0 Å². The molecule has 0 amide bonds. The number of piperazine rings is 1. The van der Waals surface area contributed by atoms with Gasteiger partial charge in [-0.15, -0.1) is 5.92 Å². The first kappa shape index (κ1) is 23.9. The van der Waals surface area contributed by atoms with Crippen LogP contribution in [0.5, 0.6) is 0 Å². The van der Waals surface area contributed by atoms with Gasteiger partial charge in [-0.3, -0.25) is 18.7 Å². The van der Waals surface area contributed by atoms with E-state index in [1.165, 1.54) is 0 Å². The molecule has 1 fully saturated rings. The summed E-state index contributed by atoms with van der Waals surface area (Å²) in [7, 11) is 0.